The molecule has 0 spiro atoms. The molecule has 0 aliphatic carbocycles. The lowest BCUT2D eigenvalue weighted by atomic mass is 10.3. The molecule has 0 aromatic carbocycles. The van der Waals surface area contributed by atoms with Gasteiger partial charge in [0.1, 0.15) is 6.26 Å². The topological polar surface area (TPSA) is 50.1 Å². The summed E-state index contributed by atoms with van der Waals surface area (Å²) in [7, 11) is 1.94. The summed E-state index contributed by atoms with van der Waals surface area (Å²) in [5.41, 5.74) is 0.943. The van der Waals surface area contributed by atoms with Crippen molar-refractivity contribution in [2.45, 2.75) is 19.5 Å². The first-order valence-electron chi connectivity index (χ1n) is 4.10. The fourth-order valence-electron chi connectivity index (χ4n) is 0.986. The van der Waals surface area contributed by atoms with E-state index in [2.05, 4.69) is 22.7 Å². The summed E-state index contributed by atoms with van der Waals surface area (Å²) in [4.78, 5) is 0. The quantitative estimate of drug-likeness (QED) is 0.668. The van der Waals surface area contributed by atoms with Crippen molar-refractivity contribution in [2.75, 3.05) is 13.6 Å². The third kappa shape index (κ3) is 3.02. The zero-order valence-electron chi connectivity index (χ0n) is 7.50. The number of hydrogen-bond acceptors (Lipinski definition) is 4. The zero-order chi connectivity index (χ0) is 8.81. The Balaban J connectivity index is 2.17. The first kappa shape index (κ1) is 9.22. The van der Waals surface area contributed by atoms with Gasteiger partial charge < -0.3 is 15.2 Å². The van der Waals surface area contributed by atoms with Gasteiger partial charge in [0.2, 0.25) is 0 Å². The zero-order valence-corrected chi connectivity index (χ0v) is 7.50. The van der Waals surface area contributed by atoms with E-state index < -0.39 is 0 Å². The third-order valence-corrected chi connectivity index (χ3v) is 1.63. The first-order chi connectivity index (χ1) is 5.83. The minimum atomic E-state index is 0.451. The van der Waals surface area contributed by atoms with Crippen LogP contribution >= 0.6 is 0 Å². The van der Waals surface area contributed by atoms with Gasteiger partial charge in [-0.3, -0.25) is 0 Å². The van der Waals surface area contributed by atoms with Crippen molar-refractivity contribution < 1.29 is 4.52 Å². The number of rotatable bonds is 5. The molecule has 1 heterocycles. The molecule has 0 aliphatic rings. The van der Waals surface area contributed by atoms with Crippen molar-refractivity contribution in [3.63, 3.8) is 0 Å². The Morgan fingerprint density at radius 2 is 2.50 bits per heavy atom. The average molecular weight is 169 g/mol. The van der Waals surface area contributed by atoms with Crippen molar-refractivity contribution >= 4 is 0 Å². The molecule has 1 rings (SSSR count). The standard InChI is InChI=1S/C8H15N3O/c1-7(5-9-2)10-6-8-3-4-12-11-8/h3-4,7,9-10H,5-6H2,1-2H3. The van der Waals surface area contributed by atoms with E-state index in [1.165, 1.54) is 0 Å². The molecule has 0 saturated carbocycles. The summed E-state index contributed by atoms with van der Waals surface area (Å²) in [6, 6.07) is 2.31. The lowest BCUT2D eigenvalue weighted by Gasteiger charge is -2.10. The summed E-state index contributed by atoms with van der Waals surface area (Å²) in [5.74, 6) is 0. The maximum atomic E-state index is 4.70. The van der Waals surface area contributed by atoms with Crippen molar-refractivity contribution in [3.8, 4) is 0 Å². The molecule has 1 atom stereocenters. The Labute approximate surface area is 72.3 Å². The van der Waals surface area contributed by atoms with E-state index in [0.717, 1.165) is 18.8 Å². The highest BCUT2D eigenvalue weighted by Gasteiger charge is 2.00. The molecule has 1 aromatic heterocycles. The normalized spacial score (nSPS) is 13.2. The van der Waals surface area contributed by atoms with Crippen molar-refractivity contribution in [3.05, 3.63) is 18.0 Å². The number of hydrogen-bond donors (Lipinski definition) is 2. The molecular weight excluding hydrogens is 154 g/mol. The van der Waals surface area contributed by atoms with E-state index in [4.69, 9.17) is 4.52 Å². The Morgan fingerprint density at radius 1 is 1.67 bits per heavy atom. The molecule has 1 unspecified atom stereocenters. The number of nitrogens with zero attached hydrogens (tertiary/aromatic N) is 1. The second kappa shape index (κ2) is 4.90. The van der Waals surface area contributed by atoms with Gasteiger partial charge in [-0.05, 0) is 14.0 Å². The Bertz CT molecular complexity index is 198. The number of likely N-dealkylation sites (N-methyl/N-ethyl adjacent to an activating group) is 1. The Kier molecular flexibility index (Phi) is 3.76. The van der Waals surface area contributed by atoms with Crippen LogP contribution in [0.15, 0.2) is 16.9 Å². The monoisotopic (exact) mass is 169 g/mol. The van der Waals surface area contributed by atoms with Crippen molar-refractivity contribution in [1.82, 2.24) is 15.8 Å². The number of aromatic nitrogens is 1. The molecule has 4 heteroatoms. The van der Waals surface area contributed by atoms with Crippen LogP contribution in [-0.4, -0.2) is 24.8 Å². The first-order valence-corrected chi connectivity index (χ1v) is 4.10. The molecule has 0 aliphatic heterocycles. The summed E-state index contributed by atoms with van der Waals surface area (Å²) in [6.07, 6.45) is 1.58. The van der Waals surface area contributed by atoms with Gasteiger partial charge in [-0.2, -0.15) is 0 Å². The van der Waals surface area contributed by atoms with Crippen LogP contribution in [0, 0.1) is 0 Å². The SMILES string of the molecule is CNCC(C)NCc1ccon1. The molecule has 0 saturated heterocycles. The lowest BCUT2D eigenvalue weighted by molar-refractivity contribution is 0.404. The Hall–Kier alpha value is -0.870. The van der Waals surface area contributed by atoms with Crippen LogP contribution in [0.25, 0.3) is 0 Å². The summed E-state index contributed by atoms with van der Waals surface area (Å²) < 4.78 is 4.70. The highest BCUT2D eigenvalue weighted by Crippen LogP contribution is 1.93. The summed E-state index contributed by atoms with van der Waals surface area (Å²) in [5, 5.41) is 10.2. The summed E-state index contributed by atoms with van der Waals surface area (Å²) >= 11 is 0. The van der Waals surface area contributed by atoms with Crippen molar-refractivity contribution in [2.24, 2.45) is 0 Å². The van der Waals surface area contributed by atoms with Crippen LogP contribution in [0.1, 0.15) is 12.6 Å². The minimum absolute atomic E-state index is 0.451. The van der Waals surface area contributed by atoms with Gasteiger partial charge in [-0.1, -0.05) is 5.16 Å². The fourth-order valence-corrected chi connectivity index (χ4v) is 0.986. The van der Waals surface area contributed by atoms with Gasteiger partial charge in [0.15, 0.2) is 0 Å². The average Bonchev–Trinajstić information content (AvgIpc) is 2.53. The third-order valence-electron chi connectivity index (χ3n) is 1.63. The van der Waals surface area contributed by atoms with Crippen LogP contribution in [0.4, 0.5) is 0 Å². The second-order valence-corrected chi connectivity index (χ2v) is 2.83. The predicted molar refractivity (Wildman–Crippen MR) is 46.7 cm³/mol. The van der Waals surface area contributed by atoms with E-state index in [9.17, 15) is 0 Å². The van der Waals surface area contributed by atoms with E-state index in [1.807, 2.05) is 13.1 Å². The molecule has 0 radical (unpaired) electrons. The highest BCUT2D eigenvalue weighted by molar-refractivity contribution is 4.94. The summed E-state index contributed by atoms with van der Waals surface area (Å²) in [6.45, 7) is 3.84. The molecule has 1 aromatic rings. The van der Waals surface area contributed by atoms with Gasteiger partial charge in [-0.25, -0.2) is 0 Å². The second-order valence-electron chi connectivity index (χ2n) is 2.83. The van der Waals surface area contributed by atoms with Crippen LogP contribution in [0.3, 0.4) is 0 Å². The predicted octanol–water partition coefficient (Wildman–Crippen LogP) is 0.372. The fraction of sp³-hybridized carbons (Fsp3) is 0.625. The van der Waals surface area contributed by atoms with Gasteiger partial charge in [0.05, 0.1) is 5.69 Å². The van der Waals surface area contributed by atoms with E-state index >= 15 is 0 Å². The van der Waals surface area contributed by atoms with Gasteiger partial charge >= 0.3 is 0 Å². The molecule has 0 bridgehead atoms. The van der Waals surface area contributed by atoms with E-state index in [1.54, 1.807) is 6.26 Å². The molecular formula is C8H15N3O. The molecule has 4 nitrogen and oxygen atoms in total. The van der Waals surface area contributed by atoms with Gasteiger partial charge in [0.25, 0.3) is 0 Å². The molecule has 68 valence electrons. The molecule has 2 N–H and O–H groups in total. The number of nitrogens with one attached hydrogen (secondary N) is 2. The van der Waals surface area contributed by atoms with Crippen LogP contribution in [0.5, 0.6) is 0 Å². The van der Waals surface area contributed by atoms with Crippen molar-refractivity contribution in [1.29, 1.82) is 0 Å². The molecule has 0 fully saturated rings. The smallest absolute Gasteiger partial charge is 0.124 e. The lowest BCUT2D eigenvalue weighted by Crippen LogP contribution is -2.34. The van der Waals surface area contributed by atoms with Gasteiger partial charge in [-0.15, -0.1) is 0 Å². The van der Waals surface area contributed by atoms with E-state index in [-0.39, 0.29) is 0 Å². The largest absolute Gasteiger partial charge is 0.364 e. The van der Waals surface area contributed by atoms with Crippen LogP contribution < -0.4 is 10.6 Å². The van der Waals surface area contributed by atoms with Gasteiger partial charge in [0, 0.05) is 25.2 Å². The highest BCUT2D eigenvalue weighted by atomic mass is 16.5. The minimum Gasteiger partial charge on any atom is -0.364 e. The molecule has 12 heavy (non-hydrogen) atoms. The van der Waals surface area contributed by atoms with Crippen LogP contribution in [0.2, 0.25) is 0 Å². The maximum absolute atomic E-state index is 4.70. The maximum Gasteiger partial charge on any atom is 0.124 e. The van der Waals surface area contributed by atoms with E-state index in [0.29, 0.717) is 6.04 Å². The van der Waals surface area contributed by atoms with Crippen LogP contribution in [-0.2, 0) is 6.54 Å². The Morgan fingerprint density at radius 3 is 3.08 bits per heavy atom. The molecule has 0 amide bonds.